The molecule has 3 aromatic heterocycles. The highest BCUT2D eigenvalue weighted by atomic mass is 35.5. The van der Waals surface area contributed by atoms with Crippen molar-refractivity contribution in [2.24, 2.45) is 5.41 Å². The number of nitrogens with one attached hydrogen (secondary N) is 2. The molecule has 1 aliphatic carbocycles. The molecule has 186 valence electrons. The highest BCUT2D eigenvalue weighted by Gasteiger charge is 2.31. The first-order chi connectivity index (χ1) is 17.2. The molecule has 36 heavy (non-hydrogen) atoms. The Morgan fingerprint density at radius 1 is 1.22 bits per heavy atom. The van der Waals surface area contributed by atoms with Crippen molar-refractivity contribution in [2.45, 2.75) is 39.7 Å². The number of ether oxygens (including phenoxy) is 1. The number of nitrogens with zero attached hydrogens (tertiary/aromatic N) is 3. The van der Waals surface area contributed by atoms with Crippen LogP contribution < -0.4 is 10.9 Å². The number of pyridine rings is 2. The van der Waals surface area contributed by atoms with E-state index in [0.29, 0.717) is 44.7 Å². The monoisotopic (exact) mass is 525 g/mol. The van der Waals surface area contributed by atoms with Gasteiger partial charge < -0.3 is 10.1 Å². The zero-order chi connectivity index (χ0) is 25.6. The van der Waals surface area contributed by atoms with Crippen LogP contribution in [0.4, 0.5) is 11.5 Å². The van der Waals surface area contributed by atoms with Crippen molar-refractivity contribution in [1.29, 1.82) is 0 Å². The number of carbonyl (C=O) groups is 1. The zero-order valence-electron chi connectivity index (χ0n) is 20.1. The van der Waals surface area contributed by atoms with Crippen LogP contribution in [0.2, 0.25) is 10.0 Å². The van der Waals surface area contributed by atoms with Gasteiger partial charge >= 0.3 is 5.97 Å². The summed E-state index contributed by atoms with van der Waals surface area (Å²) < 4.78 is 6.54. The average molecular weight is 526 g/mol. The van der Waals surface area contributed by atoms with Crippen molar-refractivity contribution in [2.75, 3.05) is 12.4 Å². The molecule has 0 unspecified atom stereocenters. The van der Waals surface area contributed by atoms with E-state index in [-0.39, 0.29) is 11.0 Å². The number of benzene rings is 1. The number of halogens is 2. The number of hydrogen-bond donors (Lipinski definition) is 2. The van der Waals surface area contributed by atoms with E-state index in [2.05, 4.69) is 29.2 Å². The standard InChI is InChI=1S/C26H25Cl2N5O3/c1-26(2)8-7-16-17(10-26)20-23(31-22(16)30-21-18(27)11-29-12-19(21)28)33(32-24(20)34)13-14-5-4-6-15(9-14)25(35)36-3/h4-6,9,11-12H,7-8,10,13H2,1-3H3,(H,32,34)(H,29,30,31). The first-order valence-electron chi connectivity index (χ1n) is 11.5. The van der Waals surface area contributed by atoms with E-state index in [4.69, 9.17) is 32.9 Å². The second-order valence-electron chi connectivity index (χ2n) is 9.78. The Morgan fingerprint density at radius 3 is 2.69 bits per heavy atom. The molecule has 3 heterocycles. The molecule has 5 rings (SSSR count). The molecule has 10 heteroatoms. The minimum Gasteiger partial charge on any atom is -0.465 e. The fourth-order valence-electron chi connectivity index (χ4n) is 4.78. The summed E-state index contributed by atoms with van der Waals surface area (Å²) in [6, 6.07) is 7.09. The summed E-state index contributed by atoms with van der Waals surface area (Å²) in [5.74, 6) is 0.189. The Hall–Kier alpha value is -3.36. The molecule has 0 aliphatic heterocycles. The molecule has 0 spiro atoms. The third-order valence-electron chi connectivity index (χ3n) is 6.61. The van der Waals surface area contributed by atoms with Crippen molar-refractivity contribution in [3.05, 3.63) is 79.3 Å². The predicted octanol–water partition coefficient (Wildman–Crippen LogP) is 5.52. The van der Waals surface area contributed by atoms with Gasteiger partial charge in [-0.25, -0.2) is 9.78 Å². The van der Waals surface area contributed by atoms with Crippen molar-refractivity contribution >= 4 is 51.7 Å². The molecule has 0 atom stereocenters. The Morgan fingerprint density at radius 2 is 1.97 bits per heavy atom. The number of anilines is 2. The first kappa shape index (κ1) is 24.3. The quantitative estimate of drug-likeness (QED) is 0.332. The summed E-state index contributed by atoms with van der Waals surface area (Å²) in [6.45, 7) is 4.72. The fraction of sp³-hybridized carbons (Fsp3) is 0.308. The predicted molar refractivity (Wildman–Crippen MR) is 141 cm³/mol. The largest absolute Gasteiger partial charge is 0.465 e. The third kappa shape index (κ3) is 4.47. The minimum absolute atomic E-state index is 0.0356. The smallest absolute Gasteiger partial charge is 0.337 e. The van der Waals surface area contributed by atoms with E-state index in [1.54, 1.807) is 22.9 Å². The maximum Gasteiger partial charge on any atom is 0.337 e. The molecule has 0 bridgehead atoms. The molecule has 4 aromatic rings. The molecule has 8 nitrogen and oxygen atoms in total. The third-order valence-corrected chi connectivity index (χ3v) is 7.18. The molecule has 0 fully saturated rings. The number of carbonyl (C=O) groups excluding carboxylic acids is 1. The lowest BCUT2D eigenvalue weighted by Crippen LogP contribution is -2.24. The maximum atomic E-state index is 13.2. The van der Waals surface area contributed by atoms with Crippen LogP contribution in [0.1, 0.15) is 47.3 Å². The molecule has 0 amide bonds. The molecule has 0 saturated carbocycles. The van der Waals surface area contributed by atoms with Crippen LogP contribution in [-0.4, -0.2) is 32.8 Å². The summed E-state index contributed by atoms with van der Waals surface area (Å²) in [5.41, 5.74) is 4.10. The fourth-order valence-corrected chi connectivity index (χ4v) is 5.24. The Balaban J connectivity index is 1.67. The lowest BCUT2D eigenvalue weighted by molar-refractivity contribution is 0.0600. The van der Waals surface area contributed by atoms with E-state index in [0.717, 1.165) is 36.0 Å². The van der Waals surface area contributed by atoms with Gasteiger partial charge in [-0.1, -0.05) is 49.2 Å². The van der Waals surface area contributed by atoms with Crippen LogP contribution >= 0.6 is 23.2 Å². The number of H-pyrrole nitrogens is 1. The number of aromatic nitrogens is 4. The second kappa shape index (κ2) is 9.26. The Bertz CT molecular complexity index is 1540. The highest BCUT2D eigenvalue weighted by Crippen LogP contribution is 2.41. The summed E-state index contributed by atoms with van der Waals surface area (Å²) in [6.07, 6.45) is 5.49. The van der Waals surface area contributed by atoms with Crippen LogP contribution in [0.15, 0.2) is 41.5 Å². The molecule has 0 radical (unpaired) electrons. The van der Waals surface area contributed by atoms with Gasteiger partial charge in [0, 0.05) is 12.4 Å². The van der Waals surface area contributed by atoms with Crippen molar-refractivity contribution < 1.29 is 9.53 Å². The van der Waals surface area contributed by atoms with E-state index in [1.807, 2.05) is 6.07 Å². The van der Waals surface area contributed by atoms with Gasteiger partial charge in [-0.05, 0) is 53.5 Å². The number of rotatable bonds is 5. The maximum absolute atomic E-state index is 13.2. The van der Waals surface area contributed by atoms with Gasteiger partial charge in [0.1, 0.15) is 5.82 Å². The lowest BCUT2D eigenvalue weighted by atomic mass is 9.74. The molecule has 0 saturated heterocycles. The number of hydrogen-bond acceptors (Lipinski definition) is 6. The molecule has 1 aromatic carbocycles. The Kier molecular flexibility index (Phi) is 6.26. The van der Waals surface area contributed by atoms with Gasteiger partial charge in [0.2, 0.25) is 0 Å². The first-order valence-corrected chi connectivity index (χ1v) is 12.3. The normalized spacial score (nSPS) is 14.5. The van der Waals surface area contributed by atoms with Crippen molar-refractivity contribution in [1.82, 2.24) is 19.7 Å². The molecule has 1 aliphatic rings. The Labute approximate surface area is 217 Å². The second-order valence-corrected chi connectivity index (χ2v) is 10.6. The number of aromatic amines is 1. The SMILES string of the molecule is COC(=O)c1cccc(Cn2[nH]c(=O)c3c4c(c(Nc5c(Cl)cncc5Cl)nc32)CCC(C)(C)C4)c1. The van der Waals surface area contributed by atoms with Gasteiger partial charge in [-0.3, -0.25) is 19.6 Å². The summed E-state index contributed by atoms with van der Waals surface area (Å²) in [5, 5.41) is 7.60. The van der Waals surface area contributed by atoms with Gasteiger partial charge in [0.15, 0.2) is 5.65 Å². The highest BCUT2D eigenvalue weighted by molar-refractivity contribution is 6.39. The summed E-state index contributed by atoms with van der Waals surface area (Å²) >= 11 is 12.8. The van der Waals surface area contributed by atoms with Crippen molar-refractivity contribution in [3.63, 3.8) is 0 Å². The van der Waals surface area contributed by atoms with Gasteiger partial charge in [-0.15, -0.1) is 0 Å². The van der Waals surface area contributed by atoms with Crippen molar-refractivity contribution in [3.8, 4) is 0 Å². The molecule has 2 N–H and O–H groups in total. The van der Waals surface area contributed by atoms with Crippen LogP contribution in [0.25, 0.3) is 11.0 Å². The lowest BCUT2D eigenvalue weighted by Gasteiger charge is -2.32. The van der Waals surface area contributed by atoms with E-state index >= 15 is 0 Å². The number of methoxy groups -OCH3 is 1. The topological polar surface area (TPSA) is 102 Å². The summed E-state index contributed by atoms with van der Waals surface area (Å²) in [7, 11) is 1.34. The van der Waals surface area contributed by atoms with Crippen LogP contribution in [-0.2, 0) is 24.1 Å². The van der Waals surface area contributed by atoms with E-state index < -0.39 is 5.97 Å². The van der Waals surface area contributed by atoms with E-state index in [9.17, 15) is 9.59 Å². The van der Waals surface area contributed by atoms with Gasteiger partial charge in [0.25, 0.3) is 5.56 Å². The minimum atomic E-state index is -0.422. The van der Waals surface area contributed by atoms with Crippen LogP contribution in [0, 0.1) is 5.41 Å². The number of fused-ring (bicyclic) bond motifs is 3. The molecular formula is C26H25Cl2N5O3. The summed E-state index contributed by atoms with van der Waals surface area (Å²) in [4.78, 5) is 34.1. The zero-order valence-corrected chi connectivity index (χ0v) is 21.6. The average Bonchev–Trinajstić information content (AvgIpc) is 3.15. The van der Waals surface area contributed by atoms with Gasteiger partial charge in [0.05, 0.1) is 40.3 Å². The number of esters is 1. The van der Waals surface area contributed by atoms with Crippen LogP contribution in [0.3, 0.4) is 0 Å². The van der Waals surface area contributed by atoms with Gasteiger partial charge in [-0.2, -0.15) is 0 Å². The molecular weight excluding hydrogens is 501 g/mol. The van der Waals surface area contributed by atoms with Crippen LogP contribution in [0.5, 0.6) is 0 Å². The van der Waals surface area contributed by atoms with E-state index in [1.165, 1.54) is 19.5 Å².